The first-order chi connectivity index (χ1) is 7.83. The van der Waals surface area contributed by atoms with Gasteiger partial charge in [-0.3, -0.25) is 4.79 Å². The quantitative estimate of drug-likeness (QED) is 0.623. The third-order valence-corrected chi connectivity index (χ3v) is 2.27. The van der Waals surface area contributed by atoms with Gasteiger partial charge in [0.2, 0.25) is 6.41 Å². The molecule has 0 fully saturated rings. The van der Waals surface area contributed by atoms with E-state index in [1.54, 1.807) is 12.1 Å². The van der Waals surface area contributed by atoms with Crippen LogP contribution in [-0.2, 0) is 4.79 Å². The van der Waals surface area contributed by atoms with Crippen molar-refractivity contribution in [1.29, 1.82) is 5.26 Å². The summed E-state index contributed by atoms with van der Waals surface area (Å²) in [4.78, 5) is 10.2. The maximum absolute atomic E-state index is 10.2. The topological polar surface area (TPSA) is 77.0 Å². The van der Waals surface area contributed by atoms with Crippen molar-refractivity contribution in [3.05, 3.63) is 41.5 Å². The standard InChI is InChI=1S/C11H10N4O/c12-6-8-1-3-9(4-2-8)10-5-11(13-7-16)15-14-10/h1-5,7,11,14-15H,(H,13,16). The normalized spacial score (nSPS) is 18.2. The SMILES string of the molecule is N#Cc1ccc(C2=CC(NC=O)NN2)cc1. The summed E-state index contributed by atoms with van der Waals surface area (Å²) in [6.07, 6.45) is 2.29. The molecule has 80 valence electrons. The average molecular weight is 214 g/mol. The van der Waals surface area contributed by atoms with Gasteiger partial charge in [-0.1, -0.05) is 12.1 Å². The van der Waals surface area contributed by atoms with Gasteiger partial charge in [0.25, 0.3) is 0 Å². The van der Waals surface area contributed by atoms with Crippen LogP contribution in [0, 0.1) is 11.3 Å². The van der Waals surface area contributed by atoms with Crippen LogP contribution in [0.2, 0.25) is 0 Å². The van der Waals surface area contributed by atoms with E-state index >= 15 is 0 Å². The molecular formula is C11H10N4O. The molecule has 1 aromatic carbocycles. The Morgan fingerprint density at radius 3 is 2.75 bits per heavy atom. The molecule has 1 aliphatic rings. The summed E-state index contributed by atoms with van der Waals surface area (Å²) in [6.45, 7) is 0. The molecule has 3 N–H and O–H groups in total. The van der Waals surface area contributed by atoms with Gasteiger partial charge >= 0.3 is 0 Å². The van der Waals surface area contributed by atoms with Crippen molar-refractivity contribution in [2.75, 3.05) is 0 Å². The lowest BCUT2D eigenvalue weighted by molar-refractivity contribution is -0.110. The number of benzene rings is 1. The number of hydrogen-bond acceptors (Lipinski definition) is 4. The van der Waals surface area contributed by atoms with E-state index < -0.39 is 0 Å². The van der Waals surface area contributed by atoms with E-state index in [1.165, 1.54) is 0 Å². The predicted molar refractivity (Wildman–Crippen MR) is 58.4 cm³/mol. The zero-order chi connectivity index (χ0) is 11.4. The van der Waals surface area contributed by atoms with Gasteiger partial charge in [-0.05, 0) is 23.8 Å². The van der Waals surface area contributed by atoms with Gasteiger partial charge in [0.1, 0.15) is 6.17 Å². The Morgan fingerprint density at radius 2 is 2.12 bits per heavy atom. The smallest absolute Gasteiger partial charge is 0.208 e. The van der Waals surface area contributed by atoms with Crippen molar-refractivity contribution >= 4 is 12.1 Å². The van der Waals surface area contributed by atoms with Gasteiger partial charge in [0, 0.05) is 0 Å². The second-order valence-corrected chi connectivity index (χ2v) is 3.30. The van der Waals surface area contributed by atoms with Crippen LogP contribution in [0.5, 0.6) is 0 Å². The fourth-order valence-corrected chi connectivity index (χ4v) is 1.46. The zero-order valence-electron chi connectivity index (χ0n) is 8.40. The number of nitrogens with zero attached hydrogens (tertiary/aromatic N) is 1. The third kappa shape index (κ3) is 2.02. The largest absolute Gasteiger partial charge is 0.338 e. The highest BCUT2D eigenvalue weighted by Gasteiger charge is 2.14. The number of amides is 1. The van der Waals surface area contributed by atoms with Crippen molar-refractivity contribution in [2.45, 2.75) is 6.17 Å². The van der Waals surface area contributed by atoms with Gasteiger partial charge in [-0.15, -0.1) is 0 Å². The Kier molecular flexibility index (Phi) is 2.85. The van der Waals surface area contributed by atoms with Crippen LogP contribution in [0.1, 0.15) is 11.1 Å². The minimum Gasteiger partial charge on any atom is -0.338 e. The molecule has 0 aromatic heterocycles. The van der Waals surface area contributed by atoms with Crippen LogP contribution >= 0.6 is 0 Å². The fraction of sp³-hybridized carbons (Fsp3) is 0.0909. The Hall–Kier alpha value is -2.32. The lowest BCUT2D eigenvalue weighted by Gasteiger charge is -2.06. The number of carbonyl (C=O) groups is 1. The van der Waals surface area contributed by atoms with Crippen LogP contribution in [0.15, 0.2) is 30.3 Å². The predicted octanol–water partition coefficient (Wildman–Crippen LogP) is 0.0791. The highest BCUT2D eigenvalue weighted by Crippen LogP contribution is 2.14. The highest BCUT2D eigenvalue weighted by molar-refractivity contribution is 5.67. The molecule has 1 unspecified atom stereocenters. The molecule has 0 spiro atoms. The maximum Gasteiger partial charge on any atom is 0.208 e. The molecule has 1 heterocycles. The molecule has 1 amide bonds. The van der Waals surface area contributed by atoms with E-state index in [4.69, 9.17) is 5.26 Å². The second-order valence-electron chi connectivity index (χ2n) is 3.30. The van der Waals surface area contributed by atoms with Crippen LogP contribution in [0.3, 0.4) is 0 Å². The van der Waals surface area contributed by atoms with Gasteiger partial charge in [0.15, 0.2) is 0 Å². The fourth-order valence-electron chi connectivity index (χ4n) is 1.46. The van der Waals surface area contributed by atoms with E-state index in [0.29, 0.717) is 12.0 Å². The summed E-state index contributed by atoms with van der Waals surface area (Å²) >= 11 is 0. The molecule has 0 saturated carbocycles. The number of rotatable bonds is 3. The first kappa shape index (κ1) is 10.2. The van der Waals surface area contributed by atoms with Crippen molar-refractivity contribution in [2.24, 2.45) is 0 Å². The van der Waals surface area contributed by atoms with E-state index in [0.717, 1.165) is 11.3 Å². The van der Waals surface area contributed by atoms with Gasteiger partial charge in [0.05, 0.1) is 17.3 Å². The number of hydrazine groups is 1. The molecule has 1 aliphatic heterocycles. The van der Waals surface area contributed by atoms with E-state index in [2.05, 4.69) is 22.2 Å². The summed E-state index contributed by atoms with van der Waals surface area (Å²) in [5.74, 6) is 0. The Labute approximate surface area is 92.7 Å². The molecule has 0 aliphatic carbocycles. The molecule has 5 nitrogen and oxygen atoms in total. The summed E-state index contributed by atoms with van der Waals surface area (Å²) in [7, 11) is 0. The van der Waals surface area contributed by atoms with Gasteiger partial charge < -0.3 is 10.7 Å². The molecule has 5 heteroatoms. The molecule has 0 bridgehead atoms. The lowest BCUT2D eigenvalue weighted by Crippen LogP contribution is -2.41. The zero-order valence-corrected chi connectivity index (χ0v) is 8.40. The minimum atomic E-state index is -0.205. The van der Waals surface area contributed by atoms with Crippen molar-refractivity contribution in [3.8, 4) is 6.07 Å². The number of nitrogens with one attached hydrogen (secondary N) is 3. The second kappa shape index (κ2) is 4.47. The Balaban J connectivity index is 2.16. The van der Waals surface area contributed by atoms with Crippen LogP contribution in [0.4, 0.5) is 0 Å². The number of hydrogen-bond donors (Lipinski definition) is 3. The summed E-state index contributed by atoms with van der Waals surface area (Å²) < 4.78 is 0. The molecular weight excluding hydrogens is 204 g/mol. The van der Waals surface area contributed by atoms with Crippen molar-refractivity contribution in [1.82, 2.24) is 16.2 Å². The van der Waals surface area contributed by atoms with E-state index in [-0.39, 0.29) is 6.17 Å². The first-order valence-electron chi connectivity index (χ1n) is 4.77. The van der Waals surface area contributed by atoms with Crippen LogP contribution in [-0.4, -0.2) is 12.6 Å². The molecule has 16 heavy (non-hydrogen) atoms. The summed E-state index contributed by atoms with van der Waals surface area (Å²) in [5, 5.41) is 11.2. The summed E-state index contributed by atoms with van der Waals surface area (Å²) in [6, 6.07) is 9.26. The summed E-state index contributed by atoms with van der Waals surface area (Å²) in [5.41, 5.74) is 8.30. The maximum atomic E-state index is 10.2. The number of carbonyl (C=O) groups excluding carboxylic acids is 1. The highest BCUT2D eigenvalue weighted by atomic mass is 16.1. The molecule has 2 rings (SSSR count). The molecule has 1 atom stereocenters. The van der Waals surface area contributed by atoms with Crippen LogP contribution in [0.25, 0.3) is 5.70 Å². The van der Waals surface area contributed by atoms with Gasteiger partial charge in [-0.2, -0.15) is 5.26 Å². The molecule has 1 aromatic rings. The lowest BCUT2D eigenvalue weighted by atomic mass is 10.1. The Bertz CT molecular complexity index is 458. The minimum absolute atomic E-state index is 0.205. The van der Waals surface area contributed by atoms with Crippen molar-refractivity contribution in [3.63, 3.8) is 0 Å². The van der Waals surface area contributed by atoms with Crippen LogP contribution < -0.4 is 16.2 Å². The third-order valence-electron chi connectivity index (χ3n) is 2.27. The molecule has 0 saturated heterocycles. The molecule has 0 radical (unpaired) electrons. The monoisotopic (exact) mass is 214 g/mol. The first-order valence-corrected chi connectivity index (χ1v) is 4.77. The number of nitriles is 1. The van der Waals surface area contributed by atoms with Crippen molar-refractivity contribution < 1.29 is 4.79 Å². The average Bonchev–Trinajstić information content (AvgIpc) is 2.78. The Morgan fingerprint density at radius 1 is 1.38 bits per heavy atom. The van der Waals surface area contributed by atoms with E-state index in [1.807, 2.05) is 18.2 Å². The van der Waals surface area contributed by atoms with Gasteiger partial charge in [-0.25, -0.2) is 5.43 Å². The van der Waals surface area contributed by atoms with E-state index in [9.17, 15) is 4.79 Å².